The van der Waals surface area contributed by atoms with Crippen LogP contribution in [0.25, 0.3) is 0 Å². The topological polar surface area (TPSA) is 132 Å². The summed E-state index contributed by atoms with van der Waals surface area (Å²) >= 11 is 0. The van der Waals surface area contributed by atoms with Crippen molar-refractivity contribution in [1.29, 1.82) is 0 Å². The average Bonchev–Trinajstić information content (AvgIpc) is 2.94. The van der Waals surface area contributed by atoms with Crippen LogP contribution >= 0.6 is 0 Å². The number of pyridine rings is 1. The normalized spacial score (nSPS) is 21.4. The Bertz CT molecular complexity index is 1110. The van der Waals surface area contributed by atoms with Gasteiger partial charge in [-0.3, -0.25) is 9.59 Å². The van der Waals surface area contributed by atoms with Crippen molar-refractivity contribution >= 4 is 17.8 Å². The van der Waals surface area contributed by atoms with Gasteiger partial charge in [-0.05, 0) is 38.3 Å². The van der Waals surface area contributed by atoms with Gasteiger partial charge in [0.1, 0.15) is 17.9 Å². The maximum atomic E-state index is 13.3. The number of carbonyl (C=O) groups excluding carboxylic acids is 3. The number of ether oxygens (including phenoxy) is 6. The molecule has 1 N–H and O–H groups in total. The van der Waals surface area contributed by atoms with E-state index in [0.29, 0.717) is 31.6 Å². The summed E-state index contributed by atoms with van der Waals surface area (Å²) in [6.45, 7) is 5.16. The molecule has 0 saturated carbocycles. The van der Waals surface area contributed by atoms with Crippen LogP contribution in [-0.4, -0.2) is 67.7 Å². The summed E-state index contributed by atoms with van der Waals surface area (Å²) in [7, 11) is 1.40. The number of rotatable bonds is 11. The number of nitrogens with zero attached hydrogens (tertiary/aromatic N) is 1. The number of carbonyl (C=O) groups is 3. The molecule has 0 aliphatic carbocycles. The monoisotopic (exact) mass is 558 g/mol. The Balaban J connectivity index is 1.78. The third-order valence-electron chi connectivity index (χ3n) is 6.27. The largest absolute Gasteiger partial charge is 0.493 e. The van der Waals surface area contributed by atoms with Gasteiger partial charge in [-0.15, -0.1) is 0 Å². The third-order valence-corrected chi connectivity index (χ3v) is 6.27. The van der Waals surface area contributed by atoms with E-state index in [-0.39, 0.29) is 23.3 Å². The standard InChI is InChI=1S/C29H38N2O9/c1-5-17-36-24-14-10-9-13-22(29(34)39-19(2)26(24)40-21-11-7-6-8-12-21)31-28(33)25-27(38-18-37-20(3)32)23(35-4)15-16-30-25/h6-8,11-12,15-16,19,22,24,26H,5,9-10,13-14,17-18H2,1-4H3,(H,31,33)/t19-,22-,24-,26-/m0/s1. The molecule has 2 heterocycles. The Labute approximate surface area is 234 Å². The van der Waals surface area contributed by atoms with Crippen molar-refractivity contribution in [1.82, 2.24) is 10.3 Å². The quantitative estimate of drug-likeness (QED) is 0.321. The smallest absolute Gasteiger partial charge is 0.329 e. The molecule has 1 amide bonds. The molecule has 1 fully saturated rings. The van der Waals surface area contributed by atoms with Gasteiger partial charge in [-0.25, -0.2) is 9.78 Å². The Hall–Kier alpha value is -3.86. The Morgan fingerprint density at radius 1 is 1.12 bits per heavy atom. The molecule has 1 aliphatic heterocycles. The van der Waals surface area contributed by atoms with Crippen LogP contribution in [0.1, 0.15) is 63.4 Å². The number of hydrogen-bond acceptors (Lipinski definition) is 10. The first-order chi connectivity index (χ1) is 19.3. The minimum absolute atomic E-state index is 0.0161. The molecule has 40 heavy (non-hydrogen) atoms. The predicted octanol–water partition coefficient (Wildman–Crippen LogP) is 3.84. The number of aromatic nitrogens is 1. The summed E-state index contributed by atoms with van der Waals surface area (Å²) in [5, 5.41) is 2.73. The van der Waals surface area contributed by atoms with Crippen molar-refractivity contribution in [2.45, 2.75) is 77.2 Å². The summed E-state index contributed by atoms with van der Waals surface area (Å²) in [5.74, 6) is -0.962. The first-order valence-electron chi connectivity index (χ1n) is 13.5. The molecule has 4 atom stereocenters. The average molecular weight is 559 g/mol. The van der Waals surface area contributed by atoms with Crippen molar-refractivity contribution in [2.75, 3.05) is 20.5 Å². The van der Waals surface area contributed by atoms with Crippen molar-refractivity contribution in [3.8, 4) is 17.2 Å². The number of nitrogens with one attached hydrogen (secondary N) is 1. The highest BCUT2D eigenvalue weighted by Crippen LogP contribution is 2.30. The lowest BCUT2D eigenvalue weighted by Gasteiger charge is -2.34. The Morgan fingerprint density at radius 2 is 1.88 bits per heavy atom. The number of methoxy groups -OCH3 is 1. The van der Waals surface area contributed by atoms with E-state index < -0.39 is 42.9 Å². The number of para-hydroxylation sites is 1. The summed E-state index contributed by atoms with van der Waals surface area (Å²) in [5.41, 5.74) is -0.122. The molecule has 1 saturated heterocycles. The van der Waals surface area contributed by atoms with Crippen LogP contribution in [0.4, 0.5) is 0 Å². The Kier molecular flexibility index (Phi) is 12.0. The number of cyclic esters (lactones) is 1. The van der Waals surface area contributed by atoms with Crippen molar-refractivity contribution in [3.05, 3.63) is 48.3 Å². The minimum Gasteiger partial charge on any atom is -0.493 e. The minimum atomic E-state index is -0.935. The van der Waals surface area contributed by atoms with E-state index in [2.05, 4.69) is 10.3 Å². The molecule has 1 aromatic heterocycles. The molecule has 0 radical (unpaired) electrons. The van der Waals surface area contributed by atoms with Crippen LogP contribution in [0, 0.1) is 0 Å². The molecule has 11 heteroatoms. The maximum Gasteiger partial charge on any atom is 0.329 e. The molecule has 1 aliphatic rings. The number of esters is 2. The number of hydrogen-bond donors (Lipinski definition) is 1. The van der Waals surface area contributed by atoms with Gasteiger partial charge in [0.05, 0.1) is 13.2 Å². The van der Waals surface area contributed by atoms with Gasteiger partial charge in [-0.1, -0.05) is 38.0 Å². The van der Waals surface area contributed by atoms with Gasteiger partial charge >= 0.3 is 11.9 Å². The lowest BCUT2D eigenvalue weighted by molar-refractivity contribution is -0.162. The van der Waals surface area contributed by atoms with E-state index in [0.717, 1.165) is 12.8 Å². The summed E-state index contributed by atoms with van der Waals surface area (Å²) in [6, 6.07) is 9.89. The summed E-state index contributed by atoms with van der Waals surface area (Å²) in [6.07, 6.45) is 3.19. The fourth-order valence-electron chi connectivity index (χ4n) is 4.31. The van der Waals surface area contributed by atoms with Crippen molar-refractivity contribution < 1.29 is 42.8 Å². The molecule has 3 rings (SSSR count). The van der Waals surface area contributed by atoms with Gasteiger partial charge in [0, 0.05) is 25.8 Å². The van der Waals surface area contributed by atoms with Gasteiger partial charge in [0.15, 0.2) is 23.3 Å². The fourth-order valence-corrected chi connectivity index (χ4v) is 4.31. The maximum absolute atomic E-state index is 13.3. The zero-order valence-electron chi connectivity index (χ0n) is 23.4. The second kappa shape index (κ2) is 15.7. The van der Waals surface area contributed by atoms with E-state index in [9.17, 15) is 14.4 Å². The first kappa shape index (κ1) is 30.7. The van der Waals surface area contributed by atoms with E-state index >= 15 is 0 Å². The van der Waals surface area contributed by atoms with E-state index in [1.807, 2.05) is 37.3 Å². The summed E-state index contributed by atoms with van der Waals surface area (Å²) in [4.78, 5) is 41.9. The number of amides is 1. The predicted molar refractivity (Wildman–Crippen MR) is 144 cm³/mol. The van der Waals surface area contributed by atoms with Gasteiger partial charge in [0.25, 0.3) is 5.91 Å². The second-order valence-corrected chi connectivity index (χ2v) is 9.35. The molecular weight excluding hydrogens is 520 g/mol. The molecule has 0 spiro atoms. The molecule has 11 nitrogen and oxygen atoms in total. The van der Waals surface area contributed by atoms with Crippen molar-refractivity contribution in [3.63, 3.8) is 0 Å². The summed E-state index contributed by atoms with van der Waals surface area (Å²) < 4.78 is 33.8. The van der Waals surface area contributed by atoms with E-state index in [1.54, 1.807) is 6.92 Å². The highest BCUT2D eigenvalue weighted by atomic mass is 16.7. The fraction of sp³-hybridized carbons (Fsp3) is 0.517. The molecular formula is C29H38N2O9. The third kappa shape index (κ3) is 8.84. The van der Waals surface area contributed by atoms with Crippen LogP contribution in [0.2, 0.25) is 0 Å². The van der Waals surface area contributed by atoms with Crippen molar-refractivity contribution in [2.24, 2.45) is 0 Å². The van der Waals surface area contributed by atoms with Crippen LogP contribution in [-0.2, 0) is 23.8 Å². The molecule has 2 aromatic rings. The second-order valence-electron chi connectivity index (χ2n) is 9.35. The molecule has 1 aromatic carbocycles. The van der Waals surface area contributed by atoms with Crippen LogP contribution in [0.3, 0.4) is 0 Å². The highest BCUT2D eigenvalue weighted by Gasteiger charge is 2.36. The highest BCUT2D eigenvalue weighted by molar-refractivity contribution is 5.98. The lowest BCUT2D eigenvalue weighted by atomic mass is 9.98. The van der Waals surface area contributed by atoms with Crippen LogP contribution < -0.4 is 19.5 Å². The molecule has 0 unspecified atom stereocenters. The van der Waals surface area contributed by atoms with Crippen LogP contribution in [0.15, 0.2) is 42.6 Å². The first-order valence-corrected chi connectivity index (χ1v) is 13.5. The number of benzene rings is 1. The van der Waals surface area contributed by atoms with E-state index in [4.69, 9.17) is 28.4 Å². The Morgan fingerprint density at radius 3 is 2.58 bits per heavy atom. The van der Waals surface area contributed by atoms with Gasteiger partial charge < -0.3 is 33.7 Å². The van der Waals surface area contributed by atoms with Crippen LogP contribution in [0.5, 0.6) is 17.2 Å². The van der Waals surface area contributed by atoms with Gasteiger partial charge in [0.2, 0.25) is 6.79 Å². The zero-order chi connectivity index (χ0) is 28.9. The molecule has 218 valence electrons. The van der Waals surface area contributed by atoms with Gasteiger partial charge in [-0.2, -0.15) is 0 Å². The zero-order valence-corrected chi connectivity index (χ0v) is 23.4. The molecule has 0 bridgehead atoms. The lowest BCUT2D eigenvalue weighted by Crippen LogP contribution is -2.49. The SMILES string of the molecule is CCCO[C@H]1CCCC[C@H](NC(=O)c2nccc(OC)c2OCOC(C)=O)C(=O)O[C@@H](C)[C@@H]1Oc1ccccc1. The van der Waals surface area contributed by atoms with E-state index in [1.165, 1.54) is 26.3 Å².